The summed E-state index contributed by atoms with van der Waals surface area (Å²) in [6.07, 6.45) is 2.50. The second kappa shape index (κ2) is 5.34. The van der Waals surface area contributed by atoms with Crippen LogP contribution in [0.2, 0.25) is 0 Å². The minimum atomic E-state index is -0.179. The van der Waals surface area contributed by atoms with E-state index in [4.69, 9.17) is 5.73 Å². The van der Waals surface area contributed by atoms with Gasteiger partial charge in [0.1, 0.15) is 5.69 Å². The van der Waals surface area contributed by atoms with Gasteiger partial charge >= 0.3 is 0 Å². The van der Waals surface area contributed by atoms with E-state index in [1.807, 2.05) is 6.92 Å². The lowest BCUT2D eigenvalue weighted by Crippen LogP contribution is -2.27. The maximum atomic E-state index is 11.8. The van der Waals surface area contributed by atoms with E-state index >= 15 is 0 Å². The minimum absolute atomic E-state index is 0.179. The van der Waals surface area contributed by atoms with Crippen LogP contribution in [0, 0.1) is 6.92 Å². The molecule has 1 heterocycles. The van der Waals surface area contributed by atoms with Gasteiger partial charge in [-0.1, -0.05) is 6.08 Å². The Morgan fingerprint density at radius 1 is 1.69 bits per heavy atom. The first-order valence-corrected chi connectivity index (χ1v) is 5.33. The highest BCUT2D eigenvalue weighted by Gasteiger charge is 2.18. The fourth-order valence-corrected chi connectivity index (χ4v) is 1.44. The van der Waals surface area contributed by atoms with Crippen molar-refractivity contribution in [2.75, 3.05) is 12.3 Å². The fourth-order valence-electron chi connectivity index (χ4n) is 1.44. The molecule has 88 valence electrons. The number of nitrogens with two attached hydrogens (primary N) is 1. The Labute approximate surface area is 95.3 Å². The molecule has 0 aromatic carbocycles. The van der Waals surface area contributed by atoms with Crippen molar-refractivity contribution in [1.29, 1.82) is 0 Å². The van der Waals surface area contributed by atoms with Crippen molar-refractivity contribution < 1.29 is 4.79 Å². The van der Waals surface area contributed by atoms with Crippen LogP contribution >= 0.6 is 0 Å². The predicted molar refractivity (Wildman–Crippen MR) is 64.2 cm³/mol. The van der Waals surface area contributed by atoms with Gasteiger partial charge in [-0.05, 0) is 20.3 Å². The summed E-state index contributed by atoms with van der Waals surface area (Å²) < 4.78 is 1.62. The van der Waals surface area contributed by atoms with E-state index in [9.17, 15) is 4.79 Å². The Balaban J connectivity index is 2.85. The molecule has 0 saturated carbocycles. The Hall–Kier alpha value is -1.78. The summed E-state index contributed by atoms with van der Waals surface area (Å²) in [5.41, 5.74) is 7.41. The lowest BCUT2D eigenvalue weighted by atomic mass is 10.3. The molecular weight excluding hydrogens is 204 g/mol. The number of aryl methyl sites for hydroxylation is 2. The van der Waals surface area contributed by atoms with Crippen molar-refractivity contribution in [1.82, 2.24) is 15.1 Å². The Bertz CT molecular complexity index is 395. The summed E-state index contributed by atoms with van der Waals surface area (Å²) in [4.78, 5) is 11.8. The zero-order valence-corrected chi connectivity index (χ0v) is 9.79. The van der Waals surface area contributed by atoms with Gasteiger partial charge < -0.3 is 11.1 Å². The van der Waals surface area contributed by atoms with Crippen LogP contribution in [-0.2, 0) is 6.54 Å². The van der Waals surface area contributed by atoms with Gasteiger partial charge in [0.15, 0.2) is 0 Å². The molecule has 1 aromatic rings. The highest BCUT2D eigenvalue weighted by Crippen LogP contribution is 2.15. The first-order valence-electron chi connectivity index (χ1n) is 5.33. The molecule has 0 aliphatic carbocycles. The first kappa shape index (κ1) is 12.3. The van der Waals surface area contributed by atoms with Crippen molar-refractivity contribution in [2.45, 2.75) is 26.8 Å². The zero-order chi connectivity index (χ0) is 12.1. The number of nitrogen functional groups attached to an aromatic ring is 1. The third kappa shape index (κ3) is 2.42. The van der Waals surface area contributed by atoms with Crippen molar-refractivity contribution >= 4 is 11.6 Å². The van der Waals surface area contributed by atoms with Gasteiger partial charge in [0.25, 0.3) is 5.91 Å². The number of hydrogen-bond acceptors (Lipinski definition) is 3. The topological polar surface area (TPSA) is 72.9 Å². The molecule has 0 unspecified atom stereocenters. The molecule has 5 heteroatoms. The highest BCUT2D eigenvalue weighted by atomic mass is 16.2. The molecule has 0 bridgehead atoms. The van der Waals surface area contributed by atoms with E-state index in [2.05, 4.69) is 17.0 Å². The first-order chi connectivity index (χ1) is 7.61. The summed E-state index contributed by atoms with van der Waals surface area (Å²) in [6, 6.07) is 0. The standard InChI is InChI=1S/C11H18N4O/c1-4-6-7-13-11(16)10-9(12)8(3)14-15(10)5-2/h4H,1,5-7,12H2,2-3H3,(H,13,16). The number of carbonyl (C=O) groups is 1. The van der Waals surface area contributed by atoms with Crippen LogP contribution in [0.15, 0.2) is 12.7 Å². The van der Waals surface area contributed by atoms with Gasteiger partial charge in [-0.25, -0.2) is 0 Å². The van der Waals surface area contributed by atoms with E-state index in [1.165, 1.54) is 0 Å². The van der Waals surface area contributed by atoms with E-state index < -0.39 is 0 Å². The van der Waals surface area contributed by atoms with Crippen LogP contribution in [0.25, 0.3) is 0 Å². The summed E-state index contributed by atoms with van der Waals surface area (Å²) >= 11 is 0. The maximum absolute atomic E-state index is 11.8. The molecule has 0 spiro atoms. The van der Waals surface area contributed by atoms with Gasteiger partial charge in [0.2, 0.25) is 0 Å². The minimum Gasteiger partial charge on any atom is -0.395 e. The average Bonchev–Trinajstić information content (AvgIpc) is 2.55. The molecule has 1 aromatic heterocycles. The van der Waals surface area contributed by atoms with Gasteiger partial charge in [-0.15, -0.1) is 6.58 Å². The van der Waals surface area contributed by atoms with Crippen molar-refractivity contribution in [3.63, 3.8) is 0 Å². The highest BCUT2D eigenvalue weighted by molar-refractivity contribution is 5.97. The van der Waals surface area contributed by atoms with Gasteiger partial charge in [-0.3, -0.25) is 9.48 Å². The molecule has 16 heavy (non-hydrogen) atoms. The Morgan fingerprint density at radius 3 is 2.94 bits per heavy atom. The number of hydrogen-bond donors (Lipinski definition) is 2. The predicted octanol–water partition coefficient (Wildman–Crippen LogP) is 1.10. The van der Waals surface area contributed by atoms with Crippen LogP contribution < -0.4 is 11.1 Å². The van der Waals surface area contributed by atoms with Crippen LogP contribution in [0.5, 0.6) is 0 Å². The zero-order valence-electron chi connectivity index (χ0n) is 9.79. The third-order valence-electron chi connectivity index (χ3n) is 2.32. The summed E-state index contributed by atoms with van der Waals surface area (Å²) in [7, 11) is 0. The quantitative estimate of drug-likeness (QED) is 0.578. The molecule has 0 radical (unpaired) electrons. The molecule has 0 atom stereocenters. The number of aromatic nitrogens is 2. The molecular formula is C11H18N4O. The van der Waals surface area contributed by atoms with Crippen LogP contribution in [-0.4, -0.2) is 22.2 Å². The second-order valence-electron chi connectivity index (χ2n) is 3.50. The average molecular weight is 222 g/mol. The molecule has 1 amide bonds. The molecule has 3 N–H and O–H groups in total. The van der Waals surface area contributed by atoms with E-state index in [0.29, 0.717) is 30.2 Å². The second-order valence-corrected chi connectivity index (χ2v) is 3.50. The Kier molecular flexibility index (Phi) is 4.10. The van der Waals surface area contributed by atoms with Crippen molar-refractivity contribution in [2.24, 2.45) is 0 Å². The normalized spacial score (nSPS) is 10.1. The number of rotatable bonds is 5. The van der Waals surface area contributed by atoms with Crippen molar-refractivity contribution in [3.8, 4) is 0 Å². The van der Waals surface area contributed by atoms with Crippen LogP contribution in [0.1, 0.15) is 29.5 Å². The van der Waals surface area contributed by atoms with Crippen molar-refractivity contribution in [3.05, 3.63) is 24.0 Å². The number of nitrogens with zero attached hydrogens (tertiary/aromatic N) is 2. The SMILES string of the molecule is C=CCCNC(=O)c1c(N)c(C)nn1CC. The summed E-state index contributed by atoms with van der Waals surface area (Å²) in [5.74, 6) is -0.179. The third-order valence-corrected chi connectivity index (χ3v) is 2.32. The number of anilines is 1. The molecule has 0 aliphatic heterocycles. The van der Waals surface area contributed by atoms with E-state index in [0.717, 1.165) is 6.42 Å². The molecule has 5 nitrogen and oxygen atoms in total. The van der Waals surface area contributed by atoms with Gasteiger partial charge in [0.05, 0.1) is 11.4 Å². The lowest BCUT2D eigenvalue weighted by molar-refractivity contribution is 0.0944. The largest absolute Gasteiger partial charge is 0.395 e. The van der Waals surface area contributed by atoms with Gasteiger partial charge in [0, 0.05) is 13.1 Å². The monoisotopic (exact) mass is 222 g/mol. The number of nitrogens with one attached hydrogen (secondary N) is 1. The number of amides is 1. The number of carbonyl (C=O) groups excluding carboxylic acids is 1. The maximum Gasteiger partial charge on any atom is 0.271 e. The fraction of sp³-hybridized carbons (Fsp3) is 0.455. The van der Waals surface area contributed by atoms with E-state index in [1.54, 1.807) is 17.7 Å². The Morgan fingerprint density at radius 2 is 2.38 bits per heavy atom. The van der Waals surface area contributed by atoms with Gasteiger partial charge in [-0.2, -0.15) is 5.10 Å². The molecule has 1 rings (SSSR count). The molecule has 0 aliphatic rings. The summed E-state index contributed by atoms with van der Waals surface area (Å²) in [6.45, 7) is 8.50. The molecule has 0 fully saturated rings. The lowest BCUT2D eigenvalue weighted by Gasteiger charge is -2.06. The van der Waals surface area contributed by atoms with Crippen LogP contribution in [0.4, 0.5) is 5.69 Å². The smallest absolute Gasteiger partial charge is 0.271 e. The van der Waals surface area contributed by atoms with E-state index in [-0.39, 0.29) is 5.91 Å². The van der Waals surface area contributed by atoms with Crippen LogP contribution in [0.3, 0.4) is 0 Å². The molecule has 0 saturated heterocycles. The summed E-state index contributed by atoms with van der Waals surface area (Å²) in [5, 5.41) is 6.97.